The second-order valence-electron chi connectivity index (χ2n) is 4.96. The number of methoxy groups -OCH3 is 1. The van der Waals surface area contributed by atoms with Crippen molar-refractivity contribution in [1.29, 1.82) is 0 Å². The molecule has 0 unspecified atom stereocenters. The summed E-state index contributed by atoms with van der Waals surface area (Å²) < 4.78 is 31.2. The lowest BCUT2D eigenvalue weighted by Crippen LogP contribution is -2.39. The maximum absolute atomic E-state index is 12.5. The lowest BCUT2D eigenvalue weighted by Gasteiger charge is -2.25. The van der Waals surface area contributed by atoms with Crippen molar-refractivity contribution >= 4 is 16.0 Å². The molecule has 0 saturated carbocycles. The minimum atomic E-state index is -3.53. The molecule has 0 amide bonds. The van der Waals surface area contributed by atoms with Crippen LogP contribution in [0.3, 0.4) is 0 Å². The number of carboxylic acid groups (broad SMARTS) is 1. The molecule has 6 nitrogen and oxygen atoms in total. The fraction of sp³-hybridized carbons (Fsp3) is 0.500. The van der Waals surface area contributed by atoms with Gasteiger partial charge in [-0.3, -0.25) is 0 Å². The first-order valence-corrected chi connectivity index (χ1v) is 8.19. The molecule has 0 atom stereocenters. The van der Waals surface area contributed by atoms with Crippen LogP contribution >= 0.6 is 0 Å². The summed E-state index contributed by atoms with van der Waals surface area (Å²) in [6, 6.07) is 5.79. The number of nitrogens with zero attached hydrogens (tertiary/aromatic N) is 1. The van der Waals surface area contributed by atoms with Crippen LogP contribution in [0.25, 0.3) is 0 Å². The molecule has 0 fully saturated rings. The van der Waals surface area contributed by atoms with Crippen molar-refractivity contribution in [1.82, 2.24) is 4.31 Å². The van der Waals surface area contributed by atoms with E-state index in [1.165, 1.54) is 23.5 Å². The average molecular weight is 315 g/mol. The van der Waals surface area contributed by atoms with Crippen molar-refractivity contribution in [3.63, 3.8) is 0 Å². The van der Waals surface area contributed by atoms with E-state index in [-0.39, 0.29) is 23.9 Å². The topological polar surface area (TPSA) is 83.9 Å². The van der Waals surface area contributed by atoms with Crippen LogP contribution in [-0.4, -0.2) is 50.1 Å². The fourth-order valence-electron chi connectivity index (χ4n) is 1.99. The van der Waals surface area contributed by atoms with E-state index in [1.54, 1.807) is 26.0 Å². The lowest BCUT2D eigenvalue weighted by atomic mass is 10.1. The van der Waals surface area contributed by atoms with Crippen LogP contribution in [0.4, 0.5) is 0 Å². The fourth-order valence-corrected chi connectivity index (χ4v) is 3.75. The predicted octanol–water partition coefficient (Wildman–Crippen LogP) is 1.57. The Morgan fingerprint density at radius 3 is 2.57 bits per heavy atom. The number of carbonyl (C=O) groups is 1. The summed E-state index contributed by atoms with van der Waals surface area (Å²) in [6.45, 7) is 4.17. The predicted molar refractivity (Wildman–Crippen MR) is 79.7 cm³/mol. The highest BCUT2D eigenvalue weighted by atomic mass is 32.2. The van der Waals surface area contributed by atoms with E-state index in [9.17, 15) is 13.2 Å². The first-order chi connectivity index (χ1) is 9.77. The van der Waals surface area contributed by atoms with Gasteiger partial charge < -0.3 is 9.84 Å². The molecule has 0 radical (unpaired) electrons. The van der Waals surface area contributed by atoms with Crippen LogP contribution in [0.15, 0.2) is 24.3 Å². The number of ether oxygens (including phenoxy) is 1. The van der Waals surface area contributed by atoms with Gasteiger partial charge in [-0.15, -0.1) is 0 Å². The maximum Gasteiger partial charge on any atom is 0.335 e. The van der Waals surface area contributed by atoms with Gasteiger partial charge in [0.25, 0.3) is 0 Å². The number of carboxylic acids is 1. The number of aromatic carboxylic acids is 1. The van der Waals surface area contributed by atoms with Gasteiger partial charge in [-0.05, 0) is 31.5 Å². The first kappa shape index (κ1) is 17.6. The molecule has 0 aliphatic carbocycles. The average Bonchev–Trinajstić information content (AvgIpc) is 2.38. The third-order valence-electron chi connectivity index (χ3n) is 2.97. The molecule has 0 saturated heterocycles. The summed E-state index contributed by atoms with van der Waals surface area (Å²) in [4.78, 5) is 10.9. The third-order valence-corrected chi connectivity index (χ3v) is 4.99. The van der Waals surface area contributed by atoms with Crippen LogP contribution in [0, 0.1) is 0 Å². The van der Waals surface area contributed by atoms with E-state index in [0.29, 0.717) is 12.2 Å². The van der Waals surface area contributed by atoms with Gasteiger partial charge in [-0.2, -0.15) is 4.31 Å². The van der Waals surface area contributed by atoms with Crippen LogP contribution < -0.4 is 0 Å². The van der Waals surface area contributed by atoms with Crippen molar-refractivity contribution in [3.05, 3.63) is 35.4 Å². The SMILES string of the molecule is COCCN(C(C)C)S(=O)(=O)Cc1cccc(C(=O)O)c1. The molecule has 0 spiro atoms. The number of sulfonamides is 1. The minimum absolute atomic E-state index is 0.0793. The Hall–Kier alpha value is -1.44. The molecule has 1 N–H and O–H groups in total. The van der Waals surface area contributed by atoms with Crippen LogP contribution in [0.1, 0.15) is 29.8 Å². The smallest absolute Gasteiger partial charge is 0.335 e. The molecule has 0 bridgehead atoms. The van der Waals surface area contributed by atoms with E-state index in [2.05, 4.69) is 0 Å². The molecule has 118 valence electrons. The molecule has 0 aliphatic rings. The molecule has 0 heterocycles. The lowest BCUT2D eigenvalue weighted by molar-refractivity contribution is 0.0696. The second-order valence-corrected chi connectivity index (χ2v) is 6.88. The quantitative estimate of drug-likeness (QED) is 0.787. The third kappa shape index (κ3) is 5.11. The zero-order chi connectivity index (χ0) is 16.0. The van der Waals surface area contributed by atoms with Crippen molar-refractivity contribution in [2.24, 2.45) is 0 Å². The molecule has 1 aromatic rings. The summed E-state index contributed by atoms with van der Waals surface area (Å²) in [7, 11) is -2.01. The molecule has 1 rings (SSSR count). The van der Waals surface area contributed by atoms with Crippen LogP contribution in [-0.2, 0) is 20.5 Å². The normalized spacial score (nSPS) is 12.0. The highest BCUT2D eigenvalue weighted by Gasteiger charge is 2.25. The van der Waals surface area contributed by atoms with E-state index >= 15 is 0 Å². The van der Waals surface area contributed by atoms with Gasteiger partial charge in [0.15, 0.2) is 0 Å². The Morgan fingerprint density at radius 2 is 2.05 bits per heavy atom. The van der Waals surface area contributed by atoms with Crippen molar-refractivity contribution < 1.29 is 23.1 Å². The highest BCUT2D eigenvalue weighted by molar-refractivity contribution is 7.88. The Morgan fingerprint density at radius 1 is 1.38 bits per heavy atom. The number of benzene rings is 1. The summed E-state index contributed by atoms with van der Waals surface area (Å²) in [5.74, 6) is -1.30. The second kappa shape index (κ2) is 7.53. The summed E-state index contributed by atoms with van der Waals surface area (Å²) in [5.41, 5.74) is 0.536. The Labute approximate surface area is 125 Å². The van der Waals surface area contributed by atoms with Crippen molar-refractivity contribution in [2.75, 3.05) is 20.3 Å². The molecule has 0 aliphatic heterocycles. The maximum atomic E-state index is 12.5. The van der Waals surface area contributed by atoms with Gasteiger partial charge in [0.2, 0.25) is 10.0 Å². The monoisotopic (exact) mass is 315 g/mol. The Bertz CT molecular complexity index is 583. The summed E-state index contributed by atoms with van der Waals surface area (Å²) >= 11 is 0. The van der Waals surface area contributed by atoms with Gasteiger partial charge >= 0.3 is 5.97 Å². The van der Waals surface area contributed by atoms with Crippen LogP contribution in [0.5, 0.6) is 0 Å². The molecule has 0 aromatic heterocycles. The number of hydrogen-bond donors (Lipinski definition) is 1. The van der Waals surface area contributed by atoms with Gasteiger partial charge in [0.05, 0.1) is 17.9 Å². The Balaban J connectivity index is 2.97. The summed E-state index contributed by atoms with van der Waals surface area (Å²) in [6.07, 6.45) is 0. The highest BCUT2D eigenvalue weighted by Crippen LogP contribution is 2.15. The molecule has 1 aromatic carbocycles. The zero-order valence-corrected chi connectivity index (χ0v) is 13.3. The molecule has 7 heteroatoms. The summed E-state index contributed by atoms with van der Waals surface area (Å²) in [5, 5.41) is 8.94. The first-order valence-electron chi connectivity index (χ1n) is 6.58. The van der Waals surface area contributed by atoms with E-state index in [4.69, 9.17) is 9.84 Å². The molecular formula is C14H21NO5S. The van der Waals surface area contributed by atoms with Gasteiger partial charge in [0, 0.05) is 19.7 Å². The van der Waals surface area contributed by atoms with Crippen molar-refractivity contribution in [2.45, 2.75) is 25.6 Å². The molecular weight excluding hydrogens is 294 g/mol. The largest absolute Gasteiger partial charge is 0.478 e. The van der Waals surface area contributed by atoms with E-state index in [0.717, 1.165) is 0 Å². The van der Waals surface area contributed by atoms with Crippen LogP contribution in [0.2, 0.25) is 0 Å². The molecule has 21 heavy (non-hydrogen) atoms. The van der Waals surface area contributed by atoms with Crippen molar-refractivity contribution in [3.8, 4) is 0 Å². The zero-order valence-electron chi connectivity index (χ0n) is 12.4. The number of rotatable bonds is 8. The van der Waals surface area contributed by atoms with Gasteiger partial charge in [-0.25, -0.2) is 13.2 Å². The van der Waals surface area contributed by atoms with Gasteiger partial charge in [0.1, 0.15) is 0 Å². The Kier molecular flexibility index (Phi) is 6.32. The number of hydrogen-bond acceptors (Lipinski definition) is 4. The minimum Gasteiger partial charge on any atom is -0.478 e. The van der Waals surface area contributed by atoms with Gasteiger partial charge in [-0.1, -0.05) is 12.1 Å². The van der Waals surface area contributed by atoms with E-state index in [1.807, 2.05) is 0 Å². The standard InChI is InChI=1S/C14H21NO5S/c1-11(2)15(7-8-20-3)21(18,19)10-12-5-4-6-13(9-12)14(16)17/h4-6,9,11H,7-8,10H2,1-3H3,(H,16,17). The van der Waals surface area contributed by atoms with E-state index < -0.39 is 16.0 Å².